The summed E-state index contributed by atoms with van der Waals surface area (Å²) in [5.74, 6) is -0.812. The SMILES string of the molecule is COCc1cccc(NC(=O)c2nc(C)sc2Nc2cncc(F)c2)c1. The summed E-state index contributed by atoms with van der Waals surface area (Å²) in [5, 5.41) is 7.08. The van der Waals surface area contributed by atoms with Crippen LogP contribution in [0.4, 0.5) is 20.8 Å². The average molecular weight is 372 g/mol. The second-order valence-corrected chi connectivity index (χ2v) is 6.72. The number of nitrogens with one attached hydrogen (secondary N) is 2. The highest BCUT2D eigenvalue weighted by Gasteiger charge is 2.18. The number of amides is 1. The number of aryl methyl sites for hydroxylation is 1. The lowest BCUT2D eigenvalue weighted by molar-refractivity contribution is 0.102. The predicted molar refractivity (Wildman–Crippen MR) is 99.4 cm³/mol. The first-order chi connectivity index (χ1) is 12.5. The Balaban J connectivity index is 1.80. The Labute approximate surface area is 154 Å². The van der Waals surface area contributed by atoms with Crippen molar-refractivity contribution in [3.63, 3.8) is 0 Å². The van der Waals surface area contributed by atoms with Crippen LogP contribution in [0.5, 0.6) is 0 Å². The van der Waals surface area contributed by atoms with Crippen molar-refractivity contribution in [1.29, 1.82) is 0 Å². The number of carbonyl (C=O) groups excluding carboxylic acids is 1. The molecule has 0 fully saturated rings. The van der Waals surface area contributed by atoms with Crippen molar-refractivity contribution in [3.8, 4) is 0 Å². The number of nitrogens with zero attached hydrogens (tertiary/aromatic N) is 2. The molecule has 6 nitrogen and oxygen atoms in total. The highest BCUT2D eigenvalue weighted by molar-refractivity contribution is 7.16. The van der Waals surface area contributed by atoms with Crippen molar-refractivity contribution < 1.29 is 13.9 Å². The van der Waals surface area contributed by atoms with Crippen molar-refractivity contribution in [2.24, 2.45) is 0 Å². The molecule has 2 N–H and O–H groups in total. The standard InChI is InChI=1S/C18H17FN4O2S/c1-11-21-16(18(26-11)23-15-7-13(19)8-20-9-15)17(24)22-14-5-3-4-12(6-14)10-25-2/h3-9,23H,10H2,1-2H3,(H,22,24). The normalized spacial score (nSPS) is 10.6. The maximum atomic E-state index is 13.3. The Morgan fingerprint density at radius 3 is 2.88 bits per heavy atom. The van der Waals surface area contributed by atoms with Crippen molar-refractivity contribution in [3.05, 3.63) is 64.8 Å². The summed E-state index contributed by atoms with van der Waals surface area (Å²) in [4.78, 5) is 20.7. The van der Waals surface area contributed by atoms with E-state index in [9.17, 15) is 9.18 Å². The van der Waals surface area contributed by atoms with Crippen LogP contribution >= 0.6 is 11.3 Å². The van der Waals surface area contributed by atoms with Crippen molar-refractivity contribution in [1.82, 2.24) is 9.97 Å². The van der Waals surface area contributed by atoms with Crippen LogP contribution in [0, 0.1) is 12.7 Å². The minimum absolute atomic E-state index is 0.244. The molecule has 0 saturated carbocycles. The summed E-state index contributed by atoms with van der Waals surface area (Å²) >= 11 is 1.31. The van der Waals surface area contributed by atoms with Gasteiger partial charge in [-0.15, -0.1) is 11.3 Å². The Kier molecular flexibility index (Phi) is 5.55. The summed E-state index contributed by atoms with van der Waals surface area (Å²) in [6.45, 7) is 2.26. The third-order valence-electron chi connectivity index (χ3n) is 3.41. The molecule has 0 atom stereocenters. The van der Waals surface area contributed by atoms with Gasteiger partial charge >= 0.3 is 0 Å². The largest absolute Gasteiger partial charge is 0.380 e. The molecule has 134 valence electrons. The summed E-state index contributed by atoms with van der Waals surface area (Å²) in [6.07, 6.45) is 2.60. The van der Waals surface area contributed by atoms with E-state index in [0.29, 0.717) is 23.0 Å². The topological polar surface area (TPSA) is 76.1 Å². The quantitative estimate of drug-likeness (QED) is 0.680. The van der Waals surface area contributed by atoms with E-state index in [1.807, 2.05) is 18.2 Å². The van der Waals surface area contributed by atoms with E-state index in [1.54, 1.807) is 20.1 Å². The summed E-state index contributed by atoms with van der Waals surface area (Å²) in [7, 11) is 1.61. The van der Waals surface area contributed by atoms with Crippen molar-refractivity contribution in [2.75, 3.05) is 17.7 Å². The number of methoxy groups -OCH3 is 1. The molecule has 0 aliphatic heterocycles. The first-order valence-electron chi connectivity index (χ1n) is 7.79. The zero-order valence-corrected chi connectivity index (χ0v) is 15.1. The van der Waals surface area contributed by atoms with Crippen LogP contribution in [0.15, 0.2) is 42.7 Å². The molecular weight excluding hydrogens is 355 g/mol. The fourth-order valence-electron chi connectivity index (χ4n) is 2.37. The number of hydrogen-bond acceptors (Lipinski definition) is 6. The van der Waals surface area contributed by atoms with Crippen LogP contribution in [0.2, 0.25) is 0 Å². The lowest BCUT2D eigenvalue weighted by atomic mass is 10.2. The zero-order chi connectivity index (χ0) is 18.5. The first kappa shape index (κ1) is 18.0. The maximum absolute atomic E-state index is 13.3. The van der Waals surface area contributed by atoms with Gasteiger partial charge in [-0.3, -0.25) is 9.78 Å². The number of rotatable bonds is 6. The highest BCUT2D eigenvalue weighted by atomic mass is 32.1. The van der Waals surface area contributed by atoms with Gasteiger partial charge < -0.3 is 15.4 Å². The molecule has 2 heterocycles. The summed E-state index contributed by atoms with van der Waals surface area (Å²) in [6, 6.07) is 8.69. The molecule has 3 rings (SSSR count). The van der Waals surface area contributed by atoms with E-state index in [1.165, 1.54) is 23.6 Å². The fraction of sp³-hybridized carbons (Fsp3) is 0.167. The van der Waals surface area contributed by atoms with Gasteiger partial charge in [0.2, 0.25) is 0 Å². The highest BCUT2D eigenvalue weighted by Crippen LogP contribution is 2.28. The van der Waals surface area contributed by atoms with E-state index < -0.39 is 5.82 Å². The maximum Gasteiger partial charge on any atom is 0.277 e. The molecule has 0 aliphatic carbocycles. The van der Waals surface area contributed by atoms with Gasteiger partial charge in [-0.05, 0) is 24.6 Å². The van der Waals surface area contributed by atoms with E-state index >= 15 is 0 Å². The Morgan fingerprint density at radius 1 is 1.27 bits per heavy atom. The Morgan fingerprint density at radius 2 is 2.12 bits per heavy atom. The predicted octanol–water partition coefficient (Wildman–Crippen LogP) is 4.13. The van der Waals surface area contributed by atoms with E-state index in [4.69, 9.17) is 4.74 Å². The molecule has 0 saturated heterocycles. The molecular formula is C18H17FN4O2S. The monoisotopic (exact) mass is 372 g/mol. The van der Waals surface area contributed by atoms with Crippen LogP contribution in [0.3, 0.4) is 0 Å². The Hall–Kier alpha value is -2.84. The number of carbonyl (C=O) groups is 1. The van der Waals surface area contributed by atoms with E-state index in [-0.39, 0.29) is 11.6 Å². The fourth-order valence-corrected chi connectivity index (χ4v) is 3.21. The second-order valence-electron chi connectivity index (χ2n) is 5.51. The number of pyridine rings is 1. The lowest BCUT2D eigenvalue weighted by Gasteiger charge is -2.08. The summed E-state index contributed by atoms with van der Waals surface area (Å²) < 4.78 is 18.4. The van der Waals surface area contributed by atoms with Crippen LogP contribution in [-0.2, 0) is 11.3 Å². The van der Waals surface area contributed by atoms with Gasteiger partial charge in [-0.2, -0.15) is 0 Å². The van der Waals surface area contributed by atoms with Crippen molar-refractivity contribution >= 4 is 33.6 Å². The van der Waals surface area contributed by atoms with Crippen LogP contribution < -0.4 is 10.6 Å². The third-order valence-corrected chi connectivity index (χ3v) is 4.29. The number of aromatic nitrogens is 2. The van der Waals surface area contributed by atoms with E-state index in [2.05, 4.69) is 20.6 Å². The van der Waals surface area contributed by atoms with Gasteiger partial charge in [-0.25, -0.2) is 9.37 Å². The number of benzene rings is 1. The number of halogens is 1. The molecule has 2 aromatic heterocycles. The van der Waals surface area contributed by atoms with Gasteiger partial charge in [0.1, 0.15) is 10.8 Å². The second kappa shape index (κ2) is 8.03. The molecule has 0 aliphatic rings. The van der Waals surface area contributed by atoms with Crippen LogP contribution in [-0.4, -0.2) is 23.0 Å². The number of thiazole rings is 1. The zero-order valence-electron chi connectivity index (χ0n) is 14.2. The van der Waals surface area contributed by atoms with Gasteiger partial charge in [0.25, 0.3) is 5.91 Å². The lowest BCUT2D eigenvalue weighted by Crippen LogP contribution is -2.14. The molecule has 0 unspecified atom stereocenters. The molecule has 0 bridgehead atoms. The Bertz CT molecular complexity index is 929. The first-order valence-corrected chi connectivity index (χ1v) is 8.61. The number of hydrogen-bond donors (Lipinski definition) is 2. The molecule has 0 radical (unpaired) electrons. The van der Waals surface area contributed by atoms with Gasteiger partial charge in [-0.1, -0.05) is 12.1 Å². The van der Waals surface area contributed by atoms with Gasteiger partial charge in [0.15, 0.2) is 5.69 Å². The smallest absolute Gasteiger partial charge is 0.277 e. The van der Waals surface area contributed by atoms with Crippen LogP contribution in [0.25, 0.3) is 0 Å². The van der Waals surface area contributed by atoms with Gasteiger partial charge in [0, 0.05) is 18.9 Å². The third kappa shape index (κ3) is 4.41. The molecule has 1 amide bonds. The number of anilines is 3. The van der Waals surface area contributed by atoms with Gasteiger partial charge in [0.05, 0.1) is 29.7 Å². The molecule has 8 heteroatoms. The van der Waals surface area contributed by atoms with Crippen LogP contribution in [0.1, 0.15) is 21.1 Å². The minimum Gasteiger partial charge on any atom is -0.380 e. The molecule has 1 aromatic carbocycles. The van der Waals surface area contributed by atoms with E-state index in [0.717, 1.165) is 16.8 Å². The molecule has 3 aromatic rings. The number of ether oxygens (including phenoxy) is 1. The molecule has 26 heavy (non-hydrogen) atoms. The average Bonchev–Trinajstić information content (AvgIpc) is 2.96. The summed E-state index contributed by atoms with van der Waals surface area (Å²) in [5.41, 5.74) is 2.29. The molecule has 0 spiro atoms. The van der Waals surface area contributed by atoms with Crippen molar-refractivity contribution in [2.45, 2.75) is 13.5 Å². The minimum atomic E-state index is -0.461.